The highest BCUT2D eigenvalue weighted by atomic mass is 19.1. The van der Waals surface area contributed by atoms with Gasteiger partial charge in [-0.25, -0.2) is 9.37 Å². The summed E-state index contributed by atoms with van der Waals surface area (Å²) in [5, 5.41) is 12.3. The first-order valence-corrected chi connectivity index (χ1v) is 12.8. The van der Waals surface area contributed by atoms with Crippen molar-refractivity contribution >= 4 is 33.5 Å². The van der Waals surface area contributed by atoms with Crippen molar-refractivity contribution in [2.75, 3.05) is 5.32 Å². The van der Waals surface area contributed by atoms with Crippen LogP contribution in [0, 0.1) is 18.7 Å². The van der Waals surface area contributed by atoms with Gasteiger partial charge in [0.25, 0.3) is 0 Å². The molecule has 0 saturated heterocycles. The first kappa shape index (κ1) is 24.5. The van der Waals surface area contributed by atoms with Gasteiger partial charge in [0.15, 0.2) is 5.65 Å². The number of anilines is 1. The highest BCUT2D eigenvalue weighted by Gasteiger charge is 2.16. The number of aromatic amines is 2. The Kier molecular flexibility index (Phi) is 6.15. The van der Waals surface area contributed by atoms with Crippen LogP contribution in [0.15, 0.2) is 73.2 Å². The van der Waals surface area contributed by atoms with Crippen LogP contribution in [0.5, 0.6) is 0 Å². The van der Waals surface area contributed by atoms with E-state index in [0.717, 1.165) is 55.5 Å². The number of aryl methyl sites for hydroxylation is 1. The van der Waals surface area contributed by atoms with Crippen LogP contribution in [-0.2, 0) is 4.79 Å². The quantitative estimate of drug-likeness (QED) is 0.216. The Labute approximate surface area is 224 Å². The molecule has 4 aromatic heterocycles. The molecule has 7 nitrogen and oxygen atoms in total. The number of carbonyl (C=O) groups is 1. The Morgan fingerprint density at radius 2 is 1.82 bits per heavy atom. The second kappa shape index (κ2) is 9.79. The molecule has 6 rings (SSSR count). The lowest BCUT2D eigenvalue weighted by Gasteiger charge is -2.08. The maximum absolute atomic E-state index is 14.2. The molecule has 39 heavy (non-hydrogen) atoms. The van der Waals surface area contributed by atoms with E-state index in [9.17, 15) is 9.18 Å². The van der Waals surface area contributed by atoms with Crippen molar-refractivity contribution in [1.82, 2.24) is 25.1 Å². The number of hydrogen-bond acceptors (Lipinski definition) is 4. The van der Waals surface area contributed by atoms with Gasteiger partial charge in [0, 0.05) is 46.2 Å². The van der Waals surface area contributed by atoms with E-state index in [-0.39, 0.29) is 17.6 Å². The summed E-state index contributed by atoms with van der Waals surface area (Å²) >= 11 is 0. The minimum absolute atomic E-state index is 0.0405. The molecule has 8 heteroatoms. The van der Waals surface area contributed by atoms with Gasteiger partial charge in [0.05, 0.1) is 17.6 Å². The van der Waals surface area contributed by atoms with Gasteiger partial charge in [-0.15, -0.1) is 0 Å². The highest BCUT2D eigenvalue weighted by molar-refractivity contribution is 6.01. The van der Waals surface area contributed by atoms with Crippen molar-refractivity contribution in [3.05, 3.63) is 84.6 Å². The minimum Gasteiger partial charge on any atom is -0.353 e. The number of aromatic nitrogens is 5. The fraction of sp³-hybridized carbons (Fsp3) is 0.161. The lowest BCUT2D eigenvalue weighted by Crippen LogP contribution is -2.13. The number of amides is 1. The third kappa shape index (κ3) is 4.88. The summed E-state index contributed by atoms with van der Waals surface area (Å²) in [4.78, 5) is 24.6. The molecule has 1 amide bonds. The number of pyridine rings is 2. The molecule has 4 heterocycles. The zero-order valence-electron chi connectivity index (χ0n) is 21.8. The van der Waals surface area contributed by atoms with E-state index < -0.39 is 0 Å². The number of carbonyl (C=O) groups excluding carboxylic acids is 1. The predicted molar refractivity (Wildman–Crippen MR) is 153 cm³/mol. The van der Waals surface area contributed by atoms with Gasteiger partial charge in [-0.2, -0.15) is 5.10 Å². The SMILES string of the molecule is Cc1cc(F)cc(-c2cccc3[nH]c(-c4n[nH]c5ncc(-c6cncc(NC(=O)CC(C)C)c6)cc45)cc23)c1. The molecule has 0 fully saturated rings. The van der Waals surface area contributed by atoms with E-state index in [2.05, 4.69) is 30.5 Å². The summed E-state index contributed by atoms with van der Waals surface area (Å²) in [7, 11) is 0. The van der Waals surface area contributed by atoms with Crippen molar-refractivity contribution < 1.29 is 9.18 Å². The Bertz CT molecular complexity index is 1830. The summed E-state index contributed by atoms with van der Waals surface area (Å²) in [6, 6.07) is 17.0. The standard InChI is InChI=1S/C31H27FN6O/c1-17(2)7-29(39)35-23-11-20(14-33-16-23)21-12-26-30(37-38-31(26)34-15-21)28-13-25-24(5-4-6-27(25)36-28)19-8-18(3)9-22(32)10-19/h4-6,8-17,36H,7H2,1-3H3,(H,35,39)(H,34,37,38). The second-order valence-corrected chi connectivity index (χ2v) is 10.3. The maximum atomic E-state index is 14.2. The summed E-state index contributed by atoms with van der Waals surface area (Å²) in [5.41, 5.74) is 8.10. The number of benzene rings is 2. The van der Waals surface area contributed by atoms with Crippen LogP contribution in [0.1, 0.15) is 25.8 Å². The van der Waals surface area contributed by atoms with E-state index >= 15 is 0 Å². The van der Waals surface area contributed by atoms with E-state index in [4.69, 9.17) is 0 Å². The molecule has 0 saturated carbocycles. The van der Waals surface area contributed by atoms with Crippen molar-refractivity contribution in [2.45, 2.75) is 27.2 Å². The van der Waals surface area contributed by atoms with Gasteiger partial charge >= 0.3 is 0 Å². The Morgan fingerprint density at radius 1 is 0.974 bits per heavy atom. The van der Waals surface area contributed by atoms with E-state index in [0.29, 0.717) is 17.8 Å². The first-order chi connectivity index (χ1) is 18.8. The van der Waals surface area contributed by atoms with Gasteiger partial charge in [-0.3, -0.25) is 14.9 Å². The molecular formula is C31H27FN6O. The van der Waals surface area contributed by atoms with E-state index in [1.54, 1.807) is 24.7 Å². The molecule has 0 aliphatic carbocycles. The van der Waals surface area contributed by atoms with Crippen LogP contribution in [-0.4, -0.2) is 31.1 Å². The van der Waals surface area contributed by atoms with Gasteiger partial charge < -0.3 is 10.3 Å². The van der Waals surface area contributed by atoms with Crippen molar-refractivity contribution in [3.8, 4) is 33.6 Å². The number of rotatable bonds is 6. The topological polar surface area (TPSA) is 99.3 Å². The highest BCUT2D eigenvalue weighted by Crippen LogP contribution is 2.35. The largest absolute Gasteiger partial charge is 0.353 e. The fourth-order valence-electron chi connectivity index (χ4n) is 4.94. The van der Waals surface area contributed by atoms with Crippen LogP contribution >= 0.6 is 0 Å². The first-order valence-electron chi connectivity index (χ1n) is 12.8. The van der Waals surface area contributed by atoms with Gasteiger partial charge in [-0.05, 0) is 65.9 Å². The van der Waals surface area contributed by atoms with Gasteiger partial charge in [0.2, 0.25) is 5.91 Å². The van der Waals surface area contributed by atoms with Crippen molar-refractivity contribution in [2.24, 2.45) is 5.92 Å². The molecule has 0 aliphatic heterocycles. The third-order valence-electron chi connectivity index (χ3n) is 6.64. The number of hydrogen-bond donors (Lipinski definition) is 3. The molecule has 2 aromatic carbocycles. The molecule has 0 spiro atoms. The molecular weight excluding hydrogens is 491 g/mol. The molecule has 0 bridgehead atoms. The average Bonchev–Trinajstić information content (AvgIpc) is 3.51. The number of halogens is 1. The van der Waals surface area contributed by atoms with E-state index in [1.165, 1.54) is 6.07 Å². The Hall–Kier alpha value is -4.85. The fourth-order valence-corrected chi connectivity index (χ4v) is 4.94. The molecule has 0 aliphatic rings. The van der Waals surface area contributed by atoms with Gasteiger partial charge in [0.1, 0.15) is 11.5 Å². The van der Waals surface area contributed by atoms with E-state index in [1.807, 2.05) is 63.2 Å². The Morgan fingerprint density at radius 3 is 2.64 bits per heavy atom. The number of H-pyrrole nitrogens is 2. The van der Waals surface area contributed by atoms with Crippen LogP contribution in [0.25, 0.3) is 55.6 Å². The normalized spacial score (nSPS) is 11.5. The Balaban J connectivity index is 1.39. The minimum atomic E-state index is -0.257. The summed E-state index contributed by atoms with van der Waals surface area (Å²) in [6.45, 7) is 5.91. The zero-order chi connectivity index (χ0) is 27.1. The summed E-state index contributed by atoms with van der Waals surface area (Å²) in [6.07, 6.45) is 5.59. The van der Waals surface area contributed by atoms with Crippen LogP contribution in [0.4, 0.5) is 10.1 Å². The summed E-state index contributed by atoms with van der Waals surface area (Å²) in [5.74, 6) is -0.0279. The second-order valence-electron chi connectivity index (χ2n) is 10.3. The van der Waals surface area contributed by atoms with Crippen LogP contribution in [0.3, 0.4) is 0 Å². The molecule has 194 valence electrons. The third-order valence-corrected chi connectivity index (χ3v) is 6.64. The molecule has 0 radical (unpaired) electrons. The molecule has 0 atom stereocenters. The van der Waals surface area contributed by atoms with Crippen LogP contribution < -0.4 is 5.32 Å². The smallest absolute Gasteiger partial charge is 0.224 e. The number of nitrogens with one attached hydrogen (secondary N) is 3. The predicted octanol–water partition coefficient (Wildman–Crippen LogP) is 7.27. The maximum Gasteiger partial charge on any atom is 0.224 e. The zero-order valence-corrected chi connectivity index (χ0v) is 21.8. The molecule has 6 aromatic rings. The summed E-state index contributed by atoms with van der Waals surface area (Å²) < 4.78 is 14.2. The van der Waals surface area contributed by atoms with Crippen molar-refractivity contribution in [1.29, 1.82) is 0 Å². The van der Waals surface area contributed by atoms with Gasteiger partial charge in [-0.1, -0.05) is 32.0 Å². The molecule has 0 unspecified atom stereocenters. The number of fused-ring (bicyclic) bond motifs is 2. The van der Waals surface area contributed by atoms with Crippen molar-refractivity contribution in [3.63, 3.8) is 0 Å². The lowest BCUT2D eigenvalue weighted by atomic mass is 9.99. The lowest BCUT2D eigenvalue weighted by molar-refractivity contribution is -0.116. The monoisotopic (exact) mass is 518 g/mol. The average molecular weight is 519 g/mol. The number of nitrogens with zero attached hydrogens (tertiary/aromatic N) is 3. The van der Waals surface area contributed by atoms with Crippen LogP contribution in [0.2, 0.25) is 0 Å². The molecule has 3 N–H and O–H groups in total.